The molecule has 53 heavy (non-hydrogen) atoms. The predicted octanol–water partition coefficient (Wildman–Crippen LogP) is 3.04. The number of hydrogen-bond acceptors (Lipinski definition) is 16. The number of esters is 4. The van der Waals surface area contributed by atoms with Crippen molar-refractivity contribution in [2.24, 2.45) is 0 Å². The van der Waals surface area contributed by atoms with E-state index in [1.165, 1.54) is 28.8 Å². The zero-order chi connectivity index (χ0) is 37.8. The Morgan fingerprint density at radius 3 is 2.32 bits per heavy atom. The molecule has 6 rings (SSSR count). The van der Waals surface area contributed by atoms with Crippen molar-refractivity contribution < 1.29 is 56.5 Å². The van der Waals surface area contributed by atoms with Crippen molar-refractivity contribution in [2.75, 3.05) is 12.3 Å². The molecular formula is C34H39N6O12P. The van der Waals surface area contributed by atoms with E-state index in [0.717, 1.165) is 33.0 Å². The summed E-state index contributed by atoms with van der Waals surface area (Å²) in [6.45, 7) is 1.47. The molecule has 3 fully saturated rings. The van der Waals surface area contributed by atoms with Crippen LogP contribution in [-0.2, 0) is 57.6 Å². The van der Waals surface area contributed by atoms with Crippen LogP contribution in [0.15, 0.2) is 48.8 Å². The molecule has 2 aliphatic carbocycles. The van der Waals surface area contributed by atoms with Crippen LogP contribution in [0, 0.1) is 11.3 Å². The summed E-state index contributed by atoms with van der Waals surface area (Å²) in [4.78, 5) is 55.2. The van der Waals surface area contributed by atoms with Gasteiger partial charge in [-0.25, -0.2) is 14.1 Å². The number of ether oxygens (including phenoxy) is 5. The number of benzene rings is 1. The Hall–Kier alpha value is -5.08. The first-order valence-electron chi connectivity index (χ1n) is 17.1. The van der Waals surface area contributed by atoms with Gasteiger partial charge in [-0.1, -0.05) is 18.2 Å². The molecule has 2 saturated carbocycles. The Bertz CT molecular complexity index is 1930. The summed E-state index contributed by atoms with van der Waals surface area (Å²) in [5.41, 5.74) is 4.18. The molecule has 1 unspecified atom stereocenters. The molecule has 2 aromatic heterocycles. The Labute approximate surface area is 303 Å². The average Bonchev–Trinajstić information content (AvgIpc) is 3.64. The highest BCUT2D eigenvalue weighted by atomic mass is 31.2. The molecule has 6 atom stereocenters. The van der Waals surface area contributed by atoms with Gasteiger partial charge in [0.1, 0.15) is 48.0 Å². The van der Waals surface area contributed by atoms with Crippen LogP contribution in [0.2, 0.25) is 0 Å². The van der Waals surface area contributed by atoms with Crippen molar-refractivity contribution >= 4 is 43.0 Å². The summed E-state index contributed by atoms with van der Waals surface area (Å²) in [5.74, 6) is -3.11. The second-order valence-electron chi connectivity index (χ2n) is 12.9. The summed E-state index contributed by atoms with van der Waals surface area (Å²) >= 11 is 0. The third kappa shape index (κ3) is 8.44. The molecule has 1 aromatic carbocycles. The van der Waals surface area contributed by atoms with E-state index in [-0.39, 0.29) is 29.5 Å². The fraction of sp³-hybridized carbons (Fsp3) is 0.500. The van der Waals surface area contributed by atoms with Crippen molar-refractivity contribution in [1.82, 2.24) is 19.7 Å². The maximum absolute atomic E-state index is 14.7. The maximum atomic E-state index is 14.7. The summed E-state index contributed by atoms with van der Waals surface area (Å²) in [6.07, 6.45) is -0.205. The third-order valence-corrected chi connectivity index (χ3v) is 10.6. The SMILES string of the molecule is CC(=O)O[C@H]1[C@@H](OC(C)=O)[C@](C#N)(c2ccc3c(N)ncnn23)O[C@@H]1COP(=O)(N[C@@H](CC(=O)OC1CCC1)C(=O)OC1CCC1)Oc1ccccc1. The topological polar surface area (TPSA) is 242 Å². The molecule has 19 heteroatoms. The number of hydrogen-bond donors (Lipinski definition) is 2. The number of nitrogens with one attached hydrogen (secondary N) is 1. The number of fused-ring (bicyclic) bond motifs is 1. The molecule has 0 amide bonds. The van der Waals surface area contributed by atoms with Gasteiger partial charge in [-0.05, 0) is 62.8 Å². The van der Waals surface area contributed by atoms with Gasteiger partial charge in [0.2, 0.25) is 5.60 Å². The summed E-state index contributed by atoms with van der Waals surface area (Å²) in [7, 11) is -4.70. The van der Waals surface area contributed by atoms with Crippen molar-refractivity contribution in [3.63, 3.8) is 0 Å². The Morgan fingerprint density at radius 1 is 1.02 bits per heavy atom. The van der Waals surface area contributed by atoms with E-state index >= 15 is 0 Å². The minimum atomic E-state index is -4.70. The van der Waals surface area contributed by atoms with Crippen molar-refractivity contribution in [3.05, 3.63) is 54.5 Å². The fourth-order valence-corrected chi connectivity index (χ4v) is 7.55. The quantitative estimate of drug-likeness (QED) is 0.129. The third-order valence-electron chi connectivity index (χ3n) is 9.06. The van der Waals surface area contributed by atoms with Gasteiger partial charge < -0.3 is 33.9 Å². The lowest BCUT2D eigenvalue weighted by molar-refractivity contribution is -0.166. The number of rotatable bonds is 15. The van der Waals surface area contributed by atoms with Gasteiger partial charge in [-0.3, -0.25) is 23.7 Å². The van der Waals surface area contributed by atoms with Crippen LogP contribution < -0.4 is 15.3 Å². The average molecular weight is 755 g/mol. The van der Waals surface area contributed by atoms with Crippen LogP contribution in [0.5, 0.6) is 5.75 Å². The number of aromatic nitrogens is 3. The van der Waals surface area contributed by atoms with Gasteiger partial charge >= 0.3 is 31.6 Å². The van der Waals surface area contributed by atoms with Gasteiger partial charge in [-0.2, -0.15) is 15.4 Å². The molecule has 0 bridgehead atoms. The molecule has 3 aromatic rings. The van der Waals surface area contributed by atoms with Crippen LogP contribution >= 0.6 is 7.75 Å². The van der Waals surface area contributed by atoms with E-state index in [9.17, 15) is 29.0 Å². The standard InChI is InChI=1S/C34H39N6O12P/c1-20(41)47-30-27(51-34(18-35,31(30)48-21(2)42)28-15-14-26-32(36)37-19-38-40(26)28)17-46-53(45,52-24-8-4-3-5-9-24)39-25(33(44)50-23-12-7-13-23)16-29(43)49-22-10-6-11-22/h3-5,8-9,14-15,19,22-23,25,27,30-31H,6-7,10-13,16-17H2,1-2H3,(H,39,45)(H2,36,37,38)/t25-,27+,30+,31+,34-,53?/m0/s1. The van der Waals surface area contributed by atoms with E-state index in [2.05, 4.69) is 15.2 Å². The Morgan fingerprint density at radius 2 is 1.70 bits per heavy atom. The number of carbonyl (C=O) groups excluding carboxylic acids is 4. The smallest absolute Gasteiger partial charge is 0.459 e. The van der Waals surface area contributed by atoms with Gasteiger partial charge in [0, 0.05) is 13.8 Å². The Kier molecular flexibility index (Phi) is 11.3. The van der Waals surface area contributed by atoms with Crippen LogP contribution in [0.1, 0.15) is 64.5 Å². The van der Waals surface area contributed by atoms with E-state index in [1.807, 2.05) is 6.07 Å². The van der Waals surface area contributed by atoms with Gasteiger partial charge in [0.15, 0.2) is 18.0 Å². The fourth-order valence-electron chi connectivity index (χ4n) is 6.05. The minimum absolute atomic E-state index is 0.0422. The van der Waals surface area contributed by atoms with Crippen molar-refractivity contribution in [2.45, 2.75) is 101 Å². The largest absolute Gasteiger partial charge is 0.462 e. The summed E-state index contributed by atoms with van der Waals surface area (Å²) in [6, 6.07) is 11.4. The van der Waals surface area contributed by atoms with Crippen molar-refractivity contribution in [1.29, 1.82) is 5.26 Å². The Balaban J connectivity index is 1.33. The molecule has 18 nitrogen and oxygen atoms in total. The lowest BCUT2D eigenvalue weighted by Crippen LogP contribution is -2.46. The highest BCUT2D eigenvalue weighted by Crippen LogP contribution is 2.49. The highest BCUT2D eigenvalue weighted by Gasteiger charge is 2.62. The van der Waals surface area contributed by atoms with Crippen LogP contribution in [0.25, 0.3) is 5.52 Å². The number of nitriles is 1. The molecule has 1 saturated heterocycles. The molecule has 3 heterocycles. The number of nitrogen functional groups attached to an aromatic ring is 1. The van der Waals surface area contributed by atoms with Crippen LogP contribution in [0.4, 0.5) is 5.82 Å². The first-order chi connectivity index (χ1) is 25.4. The van der Waals surface area contributed by atoms with Crippen LogP contribution in [0.3, 0.4) is 0 Å². The number of anilines is 1. The molecule has 0 radical (unpaired) electrons. The van der Waals surface area contributed by atoms with E-state index in [4.69, 9.17) is 38.5 Å². The van der Waals surface area contributed by atoms with Gasteiger partial charge in [-0.15, -0.1) is 0 Å². The lowest BCUT2D eigenvalue weighted by Gasteiger charge is -2.30. The second kappa shape index (κ2) is 15.9. The molecule has 3 N–H and O–H groups in total. The molecular weight excluding hydrogens is 715 g/mol. The maximum Gasteiger partial charge on any atom is 0.459 e. The lowest BCUT2D eigenvalue weighted by atomic mass is 9.92. The van der Waals surface area contributed by atoms with Crippen molar-refractivity contribution in [3.8, 4) is 11.8 Å². The highest BCUT2D eigenvalue weighted by molar-refractivity contribution is 7.52. The molecule has 1 aliphatic heterocycles. The van der Waals surface area contributed by atoms with Crippen LogP contribution in [-0.4, -0.2) is 81.6 Å². The normalized spacial score (nSPS) is 24.4. The van der Waals surface area contributed by atoms with Gasteiger partial charge in [0.25, 0.3) is 0 Å². The summed E-state index contributed by atoms with van der Waals surface area (Å²) < 4.78 is 56.2. The zero-order valence-electron chi connectivity index (χ0n) is 29.0. The molecule has 3 aliphatic rings. The number of carbonyl (C=O) groups is 4. The van der Waals surface area contributed by atoms with E-state index < -0.39 is 74.6 Å². The molecule has 0 spiro atoms. The number of nitrogens with two attached hydrogens (primary N) is 1. The summed E-state index contributed by atoms with van der Waals surface area (Å²) in [5, 5.41) is 17.5. The zero-order valence-corrected chi connectivity index (χ0v) is 29.8. The number of para-hydroxylation sites is 1. The first-order valence-corrected chi connectivity index (χ1v) is 18.6. The van der Waals surface area contributed by atoms with Gasteiger partial charge in [0.05, 0.1) is 18.7 Å². The minimum Gasteiger partial charge on any atom is -0.462 e. The second-order valence-corrected chi connectivity index (χ2v) is 14.6. The predicted molar refractivity (Wildman–Crippen MR) is 180 cm³/mol. The van der Waals surface area contributed by atoms with E-state index in [0.29, 0.717) is 31.2 Å². The number of nitrogens with zero attached hydrogens (tertiary/aromatic N) is 4. The molecule has 282 valence electrons. The van der Waals surface area contributed by atoms with E-state index in [1.54, 1.807) is 18.2 Å². The monoisotopic (exact) mass is 754 g/mol. The first kappa shape index (κ1) is 37.7.